The Morgan fingerprint density at radius 2 is 1.50 bits per heavy atom. The maximum atomic E-state index is 12.1. The summed E-state index contributed by atoms with van der Waals surface area (Å²) in [6, 6.07) is 7.68. The number of unbranched alkanes of at least 4 members (excludes halogenated alkanes) is 1. The number of benzene rings is 1. The van der Waals surface area contributed by atoms with E-state index in [1.54, 1.807) is 0 Å². The van der Waals surface area contributed by atoms with Crippen LogP contribution in [0.15, 0.2) is 24.3 Å². The molecule has 0 amide bonds. The fourth-order valence-electron chi connectivity index (χ4n) is 2.88. The Kier molecular flexibility index (Phi) is 14.6. The minimum absolute atomic E-state index is 0. The van der Waals surface area contributed by atoms with Crippen LogP contribution in [0.3, 0.4) is 0 Å². The average Bonchev–Trinajstić information content (AvgIpc) is 2.63. The average molecular weight is 367 g/mol. The van der Waals surface area contributed by atoms with E-state index in [0.29, 0.717) is 31.4 Å². The lowest BCUT2D eigenvalue weighted by molar-refractivity contribution is -0.146. The van der Waals surface area contributed by atoms with Crippen LogP contribution >= 0.6 is 0 Å². The second-order valence-corrected chi connectivity index (χ2v) is 6.06. The zero-order chi connectivity index (χ0) is 17.9. The first-order chi connectivity index (χ1) is 11.6. The third kappa shape index (κ3) is 8.50. The number of rotatable bonds is 6. The smallest absolute Gasteiger partial charge is 0.314 e. The van der Waals surface area contributed by atoms with Crippen molar-refractivity contribution in [1.82, 2.24) is 0 Å². The van der Waals surface area contributed by atoms with E-state index >= 15 is 0 Å². The zero-order valence-electron chi connectivity index (χ0n) is 15.1. The lowest BCUT2D eigenvalue weighted by Crippen LogP contribution is -2.28. The van der Waals surface area contributed by atoms with Crippen LogP contribution in [-0.4, -0.2) is 17.0 Å². The Bertz CT molecular complexity index is 499. The molecule has 4 nitrogen and oxygen atoms in total. The molecule has 0 aromatic heterocycles. The molecule has 1 aliphatic carbocycles. The van der Waals surface area contributed by atoms with Crippen LogP contribution in [0.4, 0.5) is 0 Å². The van der Waals surface area contributed by atoms with Crippen molar-refractivity contribution in [3.8, 4) is 5.75 Å². The number of hydrogen-bond acceptors (Lipinski definition) is 3. The van der Waals surface area contributed by atoms with E-state index < -0.39 is 5.97 Å². The van der Waals surface area contributed by atoms with Crippen molar-refractivity contribution in [2.45, 2.75) is 80.6 Å². The van der Waals surface area contributed by atoms with E-state index in [9.17, 15) is 9.59 Å². The summed E-state index contributed by atoms with van der Waals surface area (Å²) in [5.41, 5.74) is 1.25. The number of carboxylic acids is 1. The number of carbonyl (C=O) groups excluding carboxylic acids is 1. The third-order valence-electron chi connectivity index (χ3n) is 4.37. The van der Waals surface area contributed by atoms with Gasteiger partial charge in [-0.2, -0.15) is 0 Å². The molecule has 1 aromatic carbocycles. The van der Waals surface area contributed by atoms with E-state index in [2.05, 4.69) is 6.92 Å². The van der Waals surface area contributed by atoms with Crippen LogP contribution < -0.4 is 4.74 Å². The minimum Gasteiger partial charge on any atom is -0.481 e. The van der Waals surface area contributed by atoms with Crippen molar-refractivity contribution in [3.05, 3.63) is 29.8 Å². The van der Waals surface area contributed by atoms with Crippen LogP contribution in [0.1, 0.15) is 79.7 Å². The second kappa shape index (κ2) is 14.3. The second-order valence-electron chi connectivity index (χ2n) is 6.06. The van der Waals surface area contributed by atoms with Gasteiger partial charge < -0.3 is 9.84 Å². The fraction of sp³-hybridized carbons (Fsp3) is 0.636. The van der Waals surface area contributed by atoms with Gasteiger partial charge in [-0.1, -0.05) is 54.2 Å². The highest BCUT2D eigenvalue weighted by Gasteiger charge is 2.30. The van der Waals surface area contributed by atoms with Crippen LogP contribution in [0.5, 0.6) is 5.75 Å². The summed E-state index contributed by atoms with van der Waals surface area (Å²) in [7, 11) is 0. The minimum atomic E-state index is -0.755. The Morgan fingerprint density at radius 3 is 1.96 bits per heavy atom. The van der Waals surface area contributed by atoms with Gasteiger partial charge >= 0.3 is 11.9 Å². The first-order valence-corrected chi connectivity index (χ1v) is 9.13. The van der Waals surface area contributed by atoms with Crippen molar-refractivity contribution in [1.29, 1.82) is 0 Å². The predicted octanol–water partition coefficient (Wildman–Crippen LogP) is 6.12. The number of aryl methyl sites for hydroxylation is 1. The van der Waals surface area contributed by atoms with Crippen molar-refractivity contribution >= 4 is 11.9 Å². The molecule has 0 saturated heterocycles. The third-order valence-corrected chi connectivity index (χ3v) is 4.37. The molecule has 4 heteroatoms. The van der Waals surface area contributed by atoms with Crippen molar-refractivity contribution in [2.24, 2.45) is 11.8 Å². The van der Waals surface area contributed by atoms with E-state index in [0.717, 1.165) is 19.3 Å². The molecule has 0 heterocycles. The summed E-state index contributed by atoms with van der Waals surface area (Å²) < 4.78 is 5.42. The van der Waals surface area contributed by atoms with Gasteiger partial charge in [0.2, 0.25) is 0 Å². The SMILES string of the molecule is C.C.CC.CCCCc1ccc(OC(=O)C2CCC(C(=O)O)CC2)cc1. The van der Waals surface area contributed by atoms with E-state index in [1.807, 2.05) is 38.1 Å². The number of carbonyl (C=O) groups is 2. The maximum Gasteiger partial charge on any atom is 0.314 e. The monoisotopic (exact) mass is 366 g/mol. The topological polar surface area (TPSA) is 63.6 Å². The molecule has 0 spiro atoms. The van der Waals surface area contributed by atoms with Gasteiger partial charge in [-0.15, -0.1) is 0 Å². The highest BCUT2D eigenvalue weighted by Crippen LogP contribution is 2.30. The Balaban J connectivity index is 0. The molecule has 26 heavy (non-hydrogen) atoms. The first-order valence-electron chi connectivity index (χ1n) is 9.13. The molecule has 1 aliphatic rings. The van der Waals surface area contributed by atoms with E-state index in [1.165, 1.54) is 5.56 Å². The summed E-state index contributed by atoms with van der Waals surface area (Å²) >= 11 is 0. The van der Waals surface area contributed by atoms with Gasteiger partial charge in [-0.25, -0.2) is 0 Å². The summed E-state index contributed by atoms with van der Waals surface area (Å²) in [5, 5.41) is 8.97. The predicted molar refractivity (Wildman–Crippen MR) is 109 cm³/mol. The molecular weight excluding hydrogens is 328 g/mol. The lowest BCUT2D eigenvalue weighted by Gasteiger charge is -2.24. The number of hydrogen-bond donors (Lipinski definition) is 1. The zero-order valence-corrected chi connectivity index (χ0v) is 15.1. The van der Waals surface area contributed by atoms with Crippen LogP contribution in [0, 0.1) is 11.8 Å². The lowest BCUT2D eigenvalue weighted by atomic mass is 9.82. The van der Waals surface area contributed by atoms with Crippen molar-refractivity contribution in [3.63, 3.8) is 0 Å². The first kappa shape index (κ1) is 26.4. The number of aliphatic carboxylic acids is 1. The van der Waals surface area contributed by atoms with Crippen molar-refractivity contribution < 1.29 is 19.4 Å². The fourth-order valence-corrected chi connectivity index (χ4v) is 2.88. The Labute approximate surface area is 160 Å². The molecule has 1 aromatic rings. The molecule has 0 bridgehead atoms. The largest absolute Gasteiger partial charge is 0.481 e. The molecule has 2 rings (SSSR count). The quantitative estimate of drug-likeness (QED) is 0.486. The molecule has 150 valence electrons. The Hall–Kier alpha value is -1.84. The molecule has 0 atom stereocenters. The van der Waals surface area contributed by atoms with Gasteiger partial charge in [0.25, 0.3) is 0 Å². The molecule has 0 aliphatic heterocycles. The highest BCUT2D eigenvalue weighted by atomic mass is 16.5. The van der Waals surface area contributed by atoms with Gasteiger partial charge in [-0.05, 0) is 56.2 Å². The summed E-state index contributed by atoms with van der Waals surface area (Å²) in [4.78, 5) is 23.0. The highest BCUT2D eigenvalue weighted by molar-refractivity contribution is 5.76. The van der Waals surface area contributed by atoms with Gasteiger partial charge in [0.15, 0.2) is 0 Å². The summed E-state index contributed by atoms with van der Waals surface area (Å²) in [6.07, 6.45) is 5.69. The van der Waals surface area contributed by atoms with Gasteiger partial charge in [-0.3, -0.25) is 9.59 Å². The molecule has 1 saturated carbocycles. The molecule has 1 N–H and O–H groups in total. The summed E-state index contributed by atoms with van der Waals surface area (Å²) in [5.74, 6) is -0.887. The molecule has 0 unspecified atom stereocenters. The Morgan fingerprint density at radius 1 is 1.00 bits per heavy atom. The normalized spacial score (nSPS) is 18.3. The number of carboxylic acid groups (broad SMARTS) is 1. The standard InChI is InChI=1S/C18H24O4.C2H6.2CH4/c1-2-3-4-13-5-11-16(12-6-13)22-18(21)15-9-7-14(8-10-15)17(19)20;1-2;;/h5-6,11-12,14-15H,2-4,7-10H2,1H3,(H,19,20);1-2H3;2*1H4. The van der Waals surface area contributed by atoms with Gasteiger partial charge in [0.05, 0.1) is 11.8 Å². The number of ether oxygens (including phenoxy) is 1. The molecular formula is C22H38O4. The van der Waals surface area contributed by atoms with Gasteiger partial charge in [0.1, 0.15) is 5.75 Å². The van der Waals surface area contributed by atoms with Crippen LogP contribution in [0.2, 0.25) is 0 Å². The van der Waals surface area contributed by atoms with E-state index in [-0.39, 0.29) is 32.7 Å². The number of esters is 1. The van der Waals surface area contributed by atoms with E-state index in [4.69, 9.17) is 9.84 Å². The van der Waals surface area contributed by atoms with Gasteiger partial charge in [0, 0.05) is 0 Å². The van der Waals surface area contributed by atoms with Crippen molar-refractivity contribution in [2.75, 3.05) is 0 Å². The maximum absolute atomic E-state index is 12.1. The van der Waals surface area contributed by atoms with Crippen LogP contribution in [-0.2, 0) is 16.0 Å². The summed E-state index contributed by atoms with van der Waals surface area (Å²) in [6.45, 7) is 6.16. The van der Waals surface area contributed by atoms with Crippen LogP contribution in [0.25, 0.3) is 0 Å². The molecule has 1 fully saturated rings. The molecule has 0 radical (unpaired) electrons.